The summed E-state index contributed by atoms with van der Waals surface area (Å²) in [6.45, 7) is 11.1. The maximum atomic E-state index is 15.3. The van der Waals surface area contributed by atoms with Crippen LogP contribution in [-0.4, -0.2) is 108 Å². The number of benzene rings is 1. The number of anilines is 2. The van der Waals surface area contributed by atoms with Gasteiger partial charge in [0.15, 0.2) is 0 Å². The number of aryl methyl sites for hydroxylation is 1. The number of hydrogen-bond acceptors (Lipinski definition) is 11. The van der Waals surface area contributed by atoms with Gasteiger partial charge in [0.2, 0.25) is 11.8 Å². The van der Waals surface area contributed by atoms with Gasteiger partial charge in [0.05, 0.1) is 57.4 Å². The second kappa shape index (κ2) is 16.3. The Labute approximate surface area is 353 Å². The minimum atomic E-state index is -1.24. The molecule has 15 nitrogen and oxygen atoms in total. The Balaban J connectivity index is 0.779. The molecule has 1 unspecified atom stereocenters. The van der Waals surface area contributed by atoms with E-state index in [1.807, 2.05) is 19.1 Å². The van der Waals surface area contributed by atoms with Crippen LogP contribution in [0.3, 0.4) is 0 Å². The molecule has 16 heteroatoms. The van der Waals surface area contributed by atoms with Gasteiger partial charge in [-0.1, -0.05) is 0 Å². The van der Waals surface area contributed by atoms with E-state index >= 15 is 4.39 Å². The summed E-state index contributed by atoms with van der Waals surface area (Å²) < 4.78 is 18.9. The highest BCUT2D eigenvalue weighted by atomic mass is 19.1. The van der Waals surface area contributed by atoms with Gasteiger partial charge in [-0.2, -0.15) is 15.5 Å². The van der Waals surface area contributed by atoms with E-state index in [1.54, 1.807) is 32.0 Å². The monoisotopic (exact) mass is 829 g/mol. The number of nitrogens with zero attached hydrogens (tertiary/aromatic N) is 9. The molecule has 61 heavy (non-hydrogen) atoms. The van der Waals surface area contributed by atoms with Crippen LogP contribution in [-0.2, 0) is 15.2 Å². The molecule has 4 aromatic heterocycles. The summed E-state index contributed by atoms with van der Waals surface area (Å²) in [6.07, 6.45) is 10.2. The number of carbonyl (C=O) groups excluding carboxylic acids is 3. The molecule has 0 radical (unpaired) electrons. The molecule has 4 fully saturated rings. The van der Waals surface area contributed by atoms with Gasteiger partial charge in [-0.15, -0.1) is 0 Å². The van der Waals surface area contributed by atoms with Crippen LogP contribution in [0.25, 0.3) is 16.4 Å². The molecule has 1 saturated carbocycles. The molecule has 0 bridgehead atoms. The lowest BCUT2D eigenvalue weighted by molar-refractivity contribution is -0.134. The second-order valence-corrected chi connectivity index (χ2v) is 17.7. The van der Waals surface area contributed by atoms with Crippen LogP contribution in [0.4, 0.5) is 15.8 Å². The smallest absolute Gasteiger partial charge is 0.274 e. The highest BCUT2D eigenvalue weighted by Gasteiger charge is 2.35. The highest BCUT2D eigenvalue weighted by molar-refractivity contribution is 6.05. The molecule has 1 aliphatic carbocycles. The molecule has 3 aliphatic heterocycles. The summed E-state index contributed by atoms with van der Waals surface area (Å²) in [7, 11) is 0. The number of aliphatic hydroxyl groups is 1. The third kappa shape index (κ3) is 8.09. The summed E-state index contributed by atoms with van der Waals surface area (Å²) in [4.78, 5) is 49.6. The number of nitrogens with one attached hydrogen (secondary N) is 2. The first-order valence-corrected chi connectivity index (χ1v) is 21.5. The lowest BCUT2D eigenvalue weighted by Gasteiger charge is -2.46. The number of piperidine rings is 2. The van der Waals surface area contributed by atoms with Crippen LogP contribution in [0.2, 0.25) is 0 Å². The van der Waals surface area contributed by atoms with E-state index in [4.69, 9.17) is 5.10 Å². The van der Waals surface area contributed by atoms with Gasteiger partial charge in [0.1, 0.15) is 17.6 Å². The standard InChI is InChI=1S/C45H52FN11O4/c1-27-40(23-36(46)42(49-27)34-9-11-41(58)51-43(34)59)55-14-12-31(13-15-55)54-18-16-53(17-19-54)30-4-6-32(7-5-30)56-26-29-21-38(35(45(2,3)61)22-37(29)52-56)50-44(60)39-10-8-33-20-28(24-47)25-48-57(33)39/h8,10,20-23,25-26,30-32,34,61H,4-7,9,11-19H2,1-3H3,(H,50,60)(H,51,58,59). The van der Waals surface area contributed by atoms with Crippen molar-refractivity contribution in [2.24, 2.45) is 0 Å². The zero-order chi connectivity index (χ0) is 42.6. The third-order valence-electron chi connectivity index (χ3n) is 13.4. The van der Waals surface area contributed by atoms with Crippen LogP contribution in [0.5, 0.6) is 0 Å². The fourth-order valence-corrected chi connectivity index (χ4v) is 10.0. The molecule has 1 atom stereocenters. The lowest BCUT2D eigenvalue weighted by Crippen LogP contribution is -2.55. The average Bonchev–Trinajstić information content (AvgIpc) is 3.88. The third-order valence-corrected chi connectivity index (χ3v) is 13.4. The van der Waals surface area contributed by atoms with Crippen molar-refractivity contribution in [3.05, 3.63) is 82.8 Å². The van der Waals surface area contributed by atoms with E-state index in [1.165, 1.54) is 16.8 Å². The van der Waals surface area contributed by atoms with Gasteiger partial charge in [-0.25, -0.2) is 8.91 Å². The van der Waals surface area contributed by atoms with Gasteiger partial charge < -0.3 is 15.3 Å². The molecule has 7 heterocycles. The van der Waals surface area contributed by atoms with Crippen LogP contribution in [0.1, 0.15) is 110 Å². The van der Waals surface area contributed by atoms with Crippen molar-refractivity contribution in [3.63, 3.8) is 0 Å². The molecule has 4 aliphatic rings. The number of piperazine rings is 1. The first kappa shape index (κ1) is 40.6. The minimum absolute atomic E-state index is 0.127. The molecule has 318 valence electrons. The SMILES string of the molecule is Cc1nc(C2CCC(=O)NC2=O)c(F)cc1N1CCC(N2CCN(C3CCC(n4cc5cc(NC(=O)c6ccc7cc(C#N)cnn67)c(C(C)(C)O)cc5n4)CC3)CC2)CC1. The summed E-state index contributed by atoms with van der Waals surface area (Å²) in [5.74, 6) is -2.41. The predicted octanol–water partition coefficient (Wildman–Crippen LogP) is 5.17. The maximum absolute atomic E-state index is 15.3. The van der Waals surface area contributed by atoms with Gasteiger partial charge >= 0.3 is 0 Å². The number of nitriles is 1. The van der Waals surface area contributed by atoms with E-state index < -0.39 is 23.2 Å². The first-order chi connectivity index (χ1) is 29.3. The van der Waals surface area contributed by atoms with Crippen molar-refractivity contribution in [2.75, 3.05) is 49.5 Å². The number of halogens is 1. The van der Waals surface area contributed by atoms with Gasteiger partial charge in [-0.3, -0.25) is 39.2 Å². The number of rotatable bonds is 8. The van der Waals surface area contributed by atoms with Crippen molar-refractivity contribution in [2.45, 2.75) is 102 Å². The fraction of sp³-hybridized carbons (Fsp3) is 0.489. The number of fused-ring (bicyclic) bond motifs is 2. The summed E-state index contributed by atoms with van der Waals surface area (Å²) in [5.41, 5.74) is 3.56. The molecular weight excluding hydrogens is 778 g/mol. The van der Waals surface area contributed by atoms with Crippen molar-refractivity contribution in [1.82, 2.24) is 39.5 Å². The van der Waals surface area contributed by atoms with Gasteiger partial charge in [0, 0.05) is 86.7 Å². The molecule has 9 rings (SSSR count). The number of amides is 3. The Morgan fingerprint density at radius 3 is 2.30 bits per heavy atom. The number of aromatic nitrogens is 5. The Morgan fingerprint density at radius 2 is 1.62 bits per heavy atom. The lowest BCUT2D eigenvalue weighted by atomic mass is 9.89. The van der Waals surface area contributed by atoms with Crippen molar-refractivity contribution < 1.29 is 23.9 Å². The molecule has 3 N–H and O–H groups in total. The van der Waals surface area contributed by atoms with Crippen molar-refractivity contribution in [3.8, 4) is 6.07 Å². The Hall–Kier alpha value is -5.76. The van der Waals surface area contributed by atoms with Crippen molar-refractivity contribution in [1.29, 1.82) is 5.26 Å². The Kier molecular flexibility index (Phi) is 10.8. The topological polar surface area (TPSA) is 177 Å². The number of pyridine rings is 1. The van der Waals surface area contributed by atoms with Crippen molar-refractivity contribution >= 4 is 45.5 Å². The minimum Gasteiger partial charge on any atom is -0.386 e. The van der Waals surface area contributed by atoms with E-state index in [0.717, 1.165) is 94.4 Å². The maximum Gasteiger partial charge on any atom is 0.274 e. The van der Waals surface area contributed by atoms with Gasteiger partial charge in [0.25, 0.3) is 5.91 Å². The fourth-order valence-electron chi connectivity index (χ4n) is 10.0. The molecule has 3 amide bonds. The Morgan fingerprint density at radius 1 is 0.934 bits per heavy atom. The van der Waals surface area contributed by atoms with Crippen LogP contribution in [0, 0.1) is 24.1 Å². The second-order valence-electron chi connectivity index (χ2n) is 17.7. The van der Waals surface area contributed by atoms with Gasteiger partial charge in [-0.05, 0) is 96.0 Å². The van der Waals surface area contributed by atoms with E-state index in [-0.39, 0.29) is 36.4 Å². The molecule has 3 saturated heterocycles. The highest BCUT2D eigenvalue weighted by Crippen LogP contribution is 2.37. The van der Waals surface area contributed by atoms with Crippen LogP contribution < -0.4 is 15.5 Å². The van der Waals surface area contributed by atoms with Crippen LogP contribution in [0.15, 0.2) is 48.8 Å². The van der Waals surface area contributed by atoms with E-state index in [9.17, 15) is 24.8 Å². The predicted molar refractivity (Wildman–Crippen MR) is 227 cm³/mol. The van der Waals surface area contributed by atoms with E-state index in [0.29, 0.717) is 45.8 Å². The first-order valence-electron chi connectivity index (χ1n) is 21.5. The normalized spacial score (nSPS) is 22.4. The van der Waals surface area contributed by atoms with Crippen LogP contribution >= 0.6 is 0 Å². The molecule has 1 aromatic carbocycles. The Bertz CT molecular complexity index is 2550. The quantitative estimate of drug-likeness (QED) is 0.176. The number of imide groups is 1. The zero-order valence-corrected chi connectivity index (χ0v) is 34.9. The molecule has 5 aromatic rings. The number of carbonyl (C=O) groups is 3. The largest absolute Gasteiger partial charge is 0.386 e. The summed E-state index contributed by atoms with van der Waals surface area (Å²) in [6, 6.07) is 13.7. The number of hydrogen-bond donors (Lipinski definition) is 3. The zero-order valence-electron chi connectivity index (χ0n) is 34.9. The summed E-state index contributed by atoms with van der Waals surface area (Å²) >= 11 is 0. The molecule has 0 spiro atoms. The molecular formula is C45H52FN11O4. The summed E-state index contributed by atoms with van der Waals surface area (Å²) in [5, 5.41) is 35.9. The average molecular weight is 830 g/mol. The van der Waals surface area contributed by atoms with E-state index in [2.05, 4.69) is 52.4 Å².